The third kappa shape index (κ3) is 5.85. The van der Waals surface area contributed by atoms with Gasteiger partial charge in [-0.2, -0.15) is 0 Å². The highest BCUT2D eigenvalue weighted by Crippen LogP contribution is 2.35. The molecule has 9 nitrogen and oxygen atoms in total. The van der Waals surface area contributed by atoms with E-state index in [0.29, 0.717) is 17.2 Å². The predicted molar refractivity (Wildman–Crippen MR) is 139 cm³/mol. The summed E-state index contributed by atoms with van der Waals surface area (Å²) in [5, 5.41) is 6.63. The standard InChI is InChI=1S/C26H35N7O2/c1-18(20(3)35)19(2)22-14-28-24(13-23(22)33(17-34)21-7-4-5-8-21)31-25-15-30-26(16-29-25)32-11-6-9-27-10-12-32/h13-17,21,27H,4-12H2,1-3H3,(H,28,29,31)/b19-18+. The average Bonchev–Trinajstić information content (AvgIpc) is 3.25. The van der Waals surface area contributed by atoms with Crippen molar-refractivity contribution in [1.29, 1.82) is 0 Å². The molecule has 1 aliphatic carbocycles. The second-order valence-electron chi connectivity index (χ2n) is 9.32. The number of anilines is 4. The van der Waals surface area contributed by atoms with Gasteiger partial charge >= 0.3 is 0 Å². The molecule has 1 amide bonds. The molecular weight excluding hydrogens is 442 g/mol. The number of pyridine rings is 1. The van der Waals surface area contributed by atoms with E-state index in [2.05, 4.69) is 30.5 Å². The lowest BCUT2D eigenvalue weighted by Gasteiger charge is -2.28. The molecular formula is C26H35N7O2. The summed E-state index contributed by atoms with van der Waals surface area (Å²) in [7, 11) is 0. The van der Waals surface area contributed by atoms with E-state index >= 15 is 0 Å². The molecule has 186 valence electrons. The van der Waals surface area contributed by atoms with Crippen LogP contribution in [-0.2, 0) is 9.59 Å². The quantitative estimate of drug-likeness (QED) is 0.438. The van der Waals surface area contributed by atoms with Gasteiger partial charge in [-0.3, -0.25) is 9.59 Å². The molecule has 0 bridgehead atoms. The predicted octanol–water partition coefficient (Wildman–Crippen LogP) is 3.70. The Hall–Kier alpha value is -3.33. The lowest BCUT2D eigenvalue weighted by atomic mass is 9.99. The lowest BCUT2D eigenvalue weighted by molar-refractivity contribution is -0.113. The molecule has 1 saturated heterocycles. The molecule has 2 aliphatic rings. The summed E-state index contributed by atoms with van der Waals surface area (Å²) < 4.78 is 0. The number of rotatable bonds is 8. The summed E-state index contributed by atoms with van der Waals surface area (Å²) in [5.41, 5.74) is 3.03. The summed E-state index contributed by atoms with van der Waals surface area (Å²) in [6, 6.07) is 2.02. The smallest absolute Gasteiger partial charge is 0.214 e. The topological polar surface area (TPSA) is 103 Å². The summed E-state index contributed by atoms with van der Waals surface area (Å²) in [6.45, 7) is 9.09. The molecule has 2 fully saturated rings. The zero-order valence-electron chi connectivity index (χ0n) is 20.9. The average molecular weight is 478 g/mol. The molecule has 0 radical (unpaired) electrons. The molecule has 35 heavy (non-hydrogen) atoms. The monoisotopic (exact) mass is 477 g/mol. The van der Waals surface area contributed by atoms with E-state index in [-0.39, 0.29) is 11.8 Å². The van der Waals surface area contributed by atoms with Gasteiger partial charge in [0.1, 0.15) is 17.5 Å². The summed E-state index contributed by atoms with van der Waals surface area (Å²) in [5.74, 6) is 2.02. The first-order chi connectivity index (χ1) is 17.0. The minimum Gasteiger partial charge on any atom is -0.354 e. The molecule has 0 atom stereocenters. The molecule has 0 spiro atoms. The highest BCUT2D eigenvalue weighted by Gasteiger charge is 2.26. The lowest BCUT2D eigenvalue weighted by Crippen LogP contribution is -2.32. The van der Waals surface area contributed by atoms with Crippen LogP contribution in [0.5, 0.6) is 0 Å². The number of allylic oxidation sites excluding steroid dienone is 2. The summed E-state index contributed by atoms with van der Waals surface area (Å²) >= 11 is 0. The maximum Gasteiger partial charge on any atom is 0.214 e. The van der Waals surface area contributed by atoms with Gasteiger partial charge in [0, 0.05) is 43.5 Å². The van der Waals surface area contributed by atoms with Crippen LogP contribution >= 0.6 is 0 Å². The van der Waals surface area contributed by atoms with Gasteiger partial charge < -0.3 is 20.4 Å². The second kappa shape index (κ2) is 11.4. The van der Waals surface area contributed by atoms with Crippen LogP contribution in [0.25, 0.3) is 5.57 Å². The van der Waals surface area contributed by atoms with Crippen molar-refractivity contribution >= 4 is 40.9 Å². The van der Waals surface area contributed by atoms with Crippen molar-refractivity contribution in [1.82, 2.24) is 20.3 Å². The third-order valence-electron chi connectivity index (χ3n) is 7.04. The van der Waals surface area contributed by atoms with Crippen molar-refractivity contribution in [3.63, 3.8) is 0 Å². The molecule has 9 heteroatoms. The highest BCUT2D eigenvalue weighted by atomic mass is 16.1. The number of nitrogens with one attached hydrogen (secondary N) is 2. The molecule has 2 aromatic rings. The molecule has 2 aromatic heterocycles. The highest BCUT2D eigenvalue weighted by molar-refractivity contribution is 6.02. The van der Waals surface area contributed by atoms with Crippen LogP contribution < -0.4 is 20.4 Å². The van der Waals surface area contributed by atoms with Gasteiger partial charge in [0.05, 0.1) is 18.1 Å². The Bertz CT molecular complexity index is 1070. The molecule has 3 heterocycles. The van der Waals surface area contributed by atoms with E-state index in [1.165, 1.54) is 0 Å². The number of hydrogen-bond donors (Lipinski definition) is 2. The Morgan fingerprint density at radius 2 is 1.80 bits per heavy atom. The largest absolute Gasteiger partial charge is 0.354 e. The molecule has 0 aromatic carbocycles. The van der Waals surface area contributed by atoms with Crippen LogP contribution in [0, 0.1) is 0 Å². The number of Topliss-reactive ketones (excluding diaryl/α,β-unsaturated/α-hetero) is 1. The van der Waals surface area contributed by atoms with Crippen molar-refractivity contribution in [3.05, 3.63) is 35.8 Å². The first-order valence-electron chi connectivity index (χ1n) is 12.4. The maximum atomic E-state index is 12.2. The van der Waals surface area contributed by atoms with E-state index < -0.39 is 0 Å². The minimum atomic E-state index is 0.00437. The normalized spacial score (nSPS) is 17.5. The molecule has 1 aliphatic heterocycles. The van der Waals surface area contributed by atoms with E-state index in [4.69, 9.17) is 0 Å². The summed E-state index contributed by atoms with van der Waals surface area (Å²) in [4.78, 5) is 42.0. The van der Waals surface area contributed by atoms with Gasteiger partial charge in [-0.25, -0.2) is 15.0 Å². The van der Waals surface area contributed by atoms with Gasteiger partial charge in [-0.1, -0.05) is 12.8 Å². The Labute approximate surface area is 207 Å². The zero-order chi connectivity index (χ0) is 24.8. The first kappa shape index (κ1) is 24.8. The van der Waals surface area contributed by atoms with E-state index in [1.54, 1.807) is 30.4 Å². The SMILES string of the molecule is CC(=O)/C(C)=C(\C)c1cnc(Nc2cnc(N3CCCNCC3)cn2)cc1N(C=O)C1CCCC1. The fraction of sp³-hybridized carbons (Fsp3) is 0.500. The Balaban J connectivity index is 1.62. The van der Waals surface area contributed by atoms with Gasteiger partial charge in [0.2, 0.25) is 6.41 Å². The van der Waals surface area contributed by atoms with Crippen LogP contribution in [0.4, 0.5) is 23.1 Å². The van der Waals surface area contributed by atoms with Crippen LogP contribution in [-0.4, -0.2) is 59.4 Å². The van der Waals surface area contributed by atoms with Crippen LogP contribution in [0.1, 0.15) is 58.4 Å². The van der Waals surface area contributed by atoms with Crippen molar-refractivity contribution in [2.45, 2.75) is 58.9 Å². The number of hydrogen-bond acceptors (Lipinski definition) is 8. The number of carbonyl (C=O) groups is 2. The molecule has 1 saturated carbocycles. The molecule has 4 rings (SSSR count). The molecule has 0 unspecified atom stereocenters. The van der Waals surface area contributed by atoms with Gasteiger partial charge in [-0.15, -0.1) is 0 Å². The molecule has 2 N–H and O–H groups in total. The Kier molecular flexibility index (Phi) is 8.07. The number of nitrogens with zero attached hydrogens (tertiary/aromatic N) is 5. The third-order valence-corrected chi connectivity index (χ3v) is 7.04. The maximum absolute atomic E-state index is 12.2. The Morgan fingerprint density at radius 1 is 1.03 bits per heavy atom. The fourth-order valence-corrected chi connectivity index (χ4v) is 4.76. The van der Waals surface area contributed by atoms with E-state index in [0.717, 1.165) is 87.3 Å². The zero-order valence-corrected chi connectivity index (χ0v) is 20.9. The van der Waals surface area contributed by atoms with Crippen molar-refractivity contribution in [3.8, 4) is 0 Å². The number of carbonyl (C=O) groups excluding carboxylic acids is 2. The van der Waals surface area contributed by atoms with E-state index in [9.17, 15) is 9.59 Å². The fourth-order valence-electron chi connectivity index (χ4n) is 4.76. The van der Waals surface area contributed by atoms with Crippen molar-refractivity contribution in [2.24, 2.45) is 0 Å². The van der Waals surface area contributed by atoms with Gasteiger partial charge in [0.25, 0.3) is 0 Å². The number of aromatic nitrogens is 3. The minimum absolute atomic E-state index is 0.00437. The van der Waals surface area contributed by atoms with Crippen LogP contribution in [0.2, 0.25) is 0 Å². The number of amides is 1. The van der Waals surface area contributed by atoms with E-state index in [1.807, 2.05) is 19.9 Å². The van der Waals surface area contributed by atoms with Crippen molar-refractivity contribution in [2.75, 3.05) is 41.3 Å². The van der Waals surface area contributed by atoms with Crippen molar-refractivity contribution < 1.29 is 9.59 Å². The van der Waals surface area contributed by atoms with Crippen LogP contribution in [0.15, 0.2) is 30.2 Å². The number of ketones is 1. The summed E-state index contributed by atoms with van der Waals surface area (Å²) in [6.07, 6.45) is 11.4. The van der Waals surface area contributed by atoms with Crippen LogP contribution in [0.3, 0.4) is 0 Å². The van der Waals surface area contributed by atoms with Gasteiger partial charge in [-0.05, 0) is 57.7 Å². The Morgan fingerprint density at radius 3 is 2.49 bits per heavy atom. The second-order valence-corrected chi connectivity index (χ2v) is 9.32. The van der Waals surface area contributed by atoms with Gasteiger partial charge in [0.15, 0.2) is 5.78 Å². The first-order valence-corrected chi connectivity index (χ1v) is 12.4.